The molecule has 0 atom stereocenters. The molecule has 8 nitrogen and oxygen atoms in total. The van der Waals surface area contributed by atoms with Crippen LogP contribution in [0.1, 0.15) is 314 Å². The smallest absolute Gasteiger partial charge is 0.338 e. The zero-order valence-corrected chi connectivity index (χ0v) is 43.5. The van der Waals surface area contributed by atoms with Gasteiger partial charge in [0.15, 0.2) is 11.5 Å². The van der Waals surface area contributed by atoms with Gasteiger partial charge in [0.05, 0.1) is 12.2 Å². The molecule has 8 heteroatoms. The zero-order chi connectivity index (χ0) is 48.0. The van der Waals surface area contributed by atoms with Crippen molar-refractivity contribution in [1.29, 1.82) is 0 Å². The Hall–Kier alpha value is -2.90. The van der Waals surface area contributed by atoms with Crippen LogP contribution in [-0.2, 0) is 19.1 Å². The first kappa shape index (κ1) is 61.1. The first-order chi connectivity index (χ1) is 32.4. The quantitative estimate of drug-likeness (QED) is 0.0361. The second-order valence-electron chi connectivity index (χ2n) is 19.3. The summed E-state index contributed by atoms with van der Waals surface area (Å²) in [4.78, 5) is 53.2. The average Bonchev–Trinajstić information content (AvgIpc) is 3.31. The fraction of sp³-hybridized carbons (Fsp3) is 0.828. The number of benzene rings is 1. The molecular formula is C58H102O8. The van der Waals surface area contributed by atoms with Crippen molar-refractivity contribution in [2.75, 3.05) is 6.61 Å². The van der Waals surface area contributed by atoms with E-state index in [2.05, 4.69) is 20.8 Å². The van der Waals surface area contributed by atoms with Crippen LogP contribution in [0.5, 0.6) is 17.2 Å². The molecule has 0 bridgehead atoms. The molecule has 0 aliphatic heterocycles. The van der Waals surface area contributed by atoms with Gasteiger partial charge in [-0.15, -0.1) is 0 Å². The maximum absolute atomic E-state index is 13.4. The molecule has 0 N–H and O–H groups in total. The summed E-state index contributed by atoms with van der Waals surface area (Å²) < 4.78 is 23.0. The molecule has 0 amide bonds. The van der Waals surface area contributed by atoms with E-state index in [9.17, 15) is 19.2 Å². The Labute approximate surface area is 406 Å². The van der Waals surface area contributed by atoms with Gasteiger partial charge in [-0.1, -0.05) is 259 Å². The molecule has 0 spiro atoms. The van der Waals surface area contributed by atoms with Crippen LogP contribution in [0.25, 0.3) is 0 Å². The number of carbonyl (C=O) groups excluding carboxylic acids is 4. The molecule has 0 aliphatic carbocycles. The molecular weight excluding hydrogens is 825 g/mol. The van der Waals surface area contributed by atoms with Crippen LogP contribution in [0.4, 0.5) is 0 Å². The van der Waals surface area contributed by atoms with Crippen molar-refractivity contribution in [3.63, 3.8) is 0 Å². The molecule has 0 fully saturated rings. The van der Waals surface area contributed by atoms with Crippen molar-refractivity contribution in [3.8, 4) is 17.2 Å². The van der Waals surface area contributed by atoms with Crippen molar-refractivity contribution in [3.05, 3.63) is 17.7 Å². The second-order valence-corrected chi connectivity index (χ2v) is 19.3. The normalized spacial score (nSPS) is 11.2. The van der Waals surface area contributed by atoms with Crippen LogP contribution < -0.4 is 14.2 Å². The minimum absolute atomic E-state index is 0.0623. The lowest BCUT2D eigenvalue weighted by molar-refractivity contribution is -0.138. The molecule has 0 saturated heterocycles. The van der Waals surface area contributed by atoms with Gasteiger partial charge in [0.1, 0.15) is 0 Å². The Kier molecular flexibility index (Phi) is 42.5. The molecule has 1 aromatic rings. The van der Waals surface area contributed by atoms with E-state index in [1.807, 2.05) is 6.92 Å². The van der Waals surface area contributed by atoms with Gasteiger partial charge in [-0.2, -0.15) is 0 Å². The number of rotatable bonds is 48. The number of hydrogen-bond acceptors (Lipinski definition) is 8. The van der Waals surface area contributed by atoms with E-state index in [1.165, 1.54) is 185 Å². The minimum Gasteiger partial charge on any atom is -0.462 e. The fourth-order valence-corrected chi connectivity index (χ4v) is 8.60. The van der Waals surface area contributed by atoms with Crippen LogP contribution in [0.3, 0.4) is 0 Å². The van der Waals surface area contributed by atoms with E-state index < -0.39 is 23.9 Å². The first-order valence-electron chi connectivity index (χ1n) is 28.3. The van der Waals surface area contributed by atoms with Crippen molar-refractivity contribution < 1.29 is 38.1 Å². The van der Waals surface area contributed by atoms with Crippen LogP contribution in [-0.4, -0.2) is 30.5 Å². The third kappa shape index (κ3) is 36.2. The first-order valence-corrected chi connectivity index (χ1v) is 28.3. The zero-order valence-electron chi connectivity index (χ0n) is 43.5. The molecule has 0 unspecified atom stereocenters. The third-order valence-electron chi connectivity index (χ3n) is 12.8. The molecule has 0 saturated carbocycles. The lowest BCUT2D eigenvalue weighted by Crippen LogP contribution is -2.16. The lowest BCUT2D eigenvalue weighted by Gasteiger charge is -2.16. The summed E-state index contributed by atoms with van der Waals surface area (Å²) in [5.41, 5.74) is 0.0623. The van der Waals surface area contributed by atoms with Crippen LogP contribution >= 0.6 is 0 Å². The van der Waals surface area contributed by atoms with Crippen molar-refractivity contribution in [2.24, 2.45) is 0 Å². The van der Waals surface area contributed by atoms with Gasteiger partial charge in [-0.25, -0.2) is 4.79 Å². The van der Waals surface area contributed by atoms with Gasteiger partial charge >= 0.3 is 23.9 Å². The third-order valence-corrected chi connectivity index (χ3v) is 12.8. The van der Waals surface area contributed by atoms with Gasteiger partial charge in [-0.05, 0) is 37.8 Å². The Balaban J connectivity index is 2.85. The number of unbranched alkanes of at least 4 members (excludes halogenated alkanes) is 36. The van der Waals surface area contributed by atoms with Gasteiger partial charge in [0.2, 0.25) is 5.75 Å². The molecule has 66 heavy (non-hydrogen) atoms. The van der Waals surface area contributed by atoms with Crippen molar-refractivity contribution >= 4 is 23.9 Å². The molecule has 0 aliphatic rings. The van der Waals surface area contributed by atoms with E-state index in [4.69, 9.17) is 18.9 Å². The Bertz CT molecular complexity index is 1260. The standard InChI is InChI=1S/C58H102O8/c1-5-9-12-15-18-21-24-27-30-33-36-39-42-45-54(59)64-52-49-51(58(62)63-48-8-4)50-53(65-55(60)46-43-40-37-34-31-28-25-22-19-16-13-10-6-2)57(52)66-56(61)47-44-41-38-35-32-29-26-23-20-17-14-11-7-3/h49-50H,5-48H2,1-4H3. The number of hydrogen-bond donors (Lipinski definition) is 0. The maximum atomic E-state index is 13.4. The SMILES string of the molecule is CCCCCCCCCCCCCCCC(=O)Oc1cc(C(=O)OCCC)cc(OC(=O)CCCCCCCCCCCCCCC)c1OC(=O)CCCCCCCCCCCCCCC. The average molecular weight is 927 g/mol. The Morgan fingerprint density at radius 3 is 0.818 bits per heavy atom. The molecule has 0 radical (unpaired) electrons. The van der Waals surface area contributed by atoms with E-state index in [1.54, 1.807) is 0 Å². The minimum atomic E-state index is -0.635. The van der Waals surface area contributed by atoms with Crippen LogP contribution in [0, 0.1) is 0 Å². The number of ether oxygens (including phenoxy) is 4. The van der Waals surface area contributed by atoms with Crippen LogP contribution in [0.2, 0.25) is 0 Å². The topological polar surface area (TPSA) is 105 Å². The molecule has 1 rings (SSSR count). The lowest BCUT2D eigenvalue weighted by atomic mass is 10.0. The number of carbonyl (C=O) groups is 4. The summed E-state index contributed by atoms with van der Waals surface area (Å²) >= 11 is 0. The Morgan fingerprint density at radius 2 is 0.561 bits per heavy atom. The summed E-state index contributed by atoms with van der Waals surface area (Å²) in [7, 11) is 0. The molecule has 1 aromatic carbocycles. The molecule has 0 aromatic heterocycles. The van der Waals surface area contributed by atoms with Crippen molar-refractivity contribution in [1.82, 2.24) is 0 Å². The monoisotopic (exact) mass is 927 g/mol. The molecule has 0 heterocycles. The summed E-state index contributed by atoms with van der Waals surface area (Å²) in [6, 6.07) is 2.74. The fourth-order valence-electron chi connectivity index (χ4n) is 8.60. The van der Waals surface area contributed by atoms with Gasteiger partial charge in [0.25, 0.3) is 0 Å². The van der Waals surface area contributed by atoms with Crippen LogP contribution in [0.15, 0.2) is 12.1 Å². The summed E-state index contributed by atoms with van der Waals surface area (Å²) in [6.45, 7) is 8.87. The van der Waals surface area contributed by atoms with Gasteiger partial charge in [0, 0.05) is 19.3 Å². The Morgan fingerprint density at radius 1 is 0.318 bits per heavy atom. The largest absolute Gasteiger partial charge is 0.462 e. The van der Waals surface area contributed by atoms with E-state index in [0.29, 0.717) is 25.7 Å². The molecule has 382 valence electrons. The summed E-state index contributed by atoms with van der Waals surface area (Å²) in [6.07, 6.45) is 47.9. The van der Waals surface area contributed by atoms with E-state index in [0.717, 1.165) is 57.8 Å². The second kappa shape index (κ2) is 45.9. The highest BCUT2D eigenvalue weighted by molar-refractivity contribution is 5.92. The van der Waals surface area contributed by atoms with Crippen molar-refractivity contribution in [2.45, 2.75) is 304 Å². The highest BCUT2D eigenvalue weighted by Crippen LogP contribution is 2.40. The predicted molar refractivity (Wildman–Crippen MR) is 275 cm³/mol. The predicted octanol–water partition coefficient (Wildman–Crippen LogP) is 18.4. The summed E-state index contributed by atoms with van der Waals surface area (Å²) in [5.74, 6) is -2.47. The highest BCUT2D eigenvalue weighted by atomic mass is 16.6. The maximum Gasteiger partial charge on any atom is 0.338 e. The summed E-state index contributed by atoms with van der Waals surface area (Å²) in [5, 5.41) is 0. The van der Waals surface area contributed by atoms with Gasteiger partial charge < -0.3 is 18.9 Å². The highest BCUT2D eigenvalue weighted by Gasteiger charge is 2.25. The van der Waals surface area contributed by atoms with E-state index >= 15 is 0 Å². The number of esters is 4. The van der Waals surface area contributed by atoms with Gasteiger partial charge in [-0.3, -0.25) is 14.4 Å². The van der Waals surface area contributed by atoms with E-state index in [-0.39, 0.29) is 48.7 Å².